The van der Waals surface area contributed by atoms with Gasteiger partial charge in [-0.15, -0.1) is 0 Å². The third kappa shape index (κ3) is 3.83. The smallest absolute Gasteiger partial charge is 0.317 e. The predicted molar refractivity (Wildman–Crippen MR) is 71.0 cm³/mol. The molecule has 2 fully saturated rings. The lowest BCUT2D eigenvalue weighted by molar-refractivity contribution is -0.137. The Balaban J connectivity index is 1.79. The zero-order chi connectivity index (χ0) is 13.8. The Labute approximate surface area is 113 Å². The van der Waals surface area contributed by atoms with Crippen LogP contribution in [0, 0.1) is 5.92 Å². The highest BCUT2D eigenvalue weighted by Crippen LogP contribution is 2.22. The number of carboxylic acid groups (broad SMARTS) is 1. The van der Waals surface area contributed by atoms with Gasteiger partial charge in [0.05, 0.1) is 6.04 Å². The normalized spacial score (nSPS) is 28.5. The molecule has 0 spiro atoms. The molecule has 2 atom stereocenters. The number of nitrogens with one attached hydrogen (secondary N) is 1. The van der Waals surface area contributed by atoms with Gasteiger partial charge < -0.3 is 20.2 Å². The van der Waals surface area contributed by atoms with Crippen molar-refractivity contribution in [2.45, 2.75) is 31.7 Å². The first-order valence-electron chi connectivity index (χ1n) is 7.02. The summed E-state index contributed by atoms with van der Waals surface area (Å²) in [7, 11) is 2.12. The molecule has 6 heteroatoms. The van der Waals surface area contributed by atoms with E-state index in [4.69, 9.17) is 5.11 Å². The van der Waals surface area contributed by atoms with E-state index in [1.165, 1.54) is 6.42 Å². The number of carboxylic acids is 1. The molecule has 2 N–H and O–H groups in total. The molecule has 0 aromatic rings. The van der Waals surface area contributed by atoms with Crippen molar-refractivity contribution in [2.24, 2.45) is 5.92 Å². The first kappa shape index (κ1) is 14.1. The maximum Gasteiger partial charge on any atom is 0.317 e. The van der Waals surface area contributed by atoms with Crippen LogP contribution >= 0.6 is 0 Å². The number of nitrogens with zero attached hydrogens (tertiary/aromatic N) is 2. The molecule has 2 saturated heterocycles. The molecule has 0 aliphatic carbocycles. The van der Waals surface area contributed by atoms with Crippen LogP contribution in [0.5, 0.6) is 0 Å². The van der Waals surface area contributed by atoms with Crippen molar-refractivity contribution in [3.05, 3.63) is 0 Å². The molecule has 0 aromatic carbocycles. The third-order valence-corrected chi connectivity index (χ3v) is 4.06. The average molecular weight is 269 g/mol. The Morgan fingerprint density at radius 2 is 2.26 bits per heavy atom. The highest BCUT2D eigenvalue weighted by atomic mass is 16.4. The molecule has 0 saturated carbocycles. The SMILES string of the molecule is CN1CCCC(C2CN(CCCC(=O)O)C(=O)N2)C1. The van der Waals surface area contributed by atoms with Gasteiger partial charge in [0.25, 0.3) is 0 Å². The Bertz CT molecular complexity index is 348. The second-order valence-electron chi connectivity index (χ2n) is 5.66. The number of urea groups is 1. The van der Waals surface area contributed by atoms with Gasteiger partial charge in [-0.2, -0.15) is 0 Å². The first-order chi connectivity index (χ1) is 9.06. The van der Waals surface area contributed by atoms with Crippen molar-refractivity contribution >= 4 is 12.0 Å². The van der Waals surface area contributed by atoms with Crippen LogP contribution in [-0.4, -0.2) is 66.2 Å². The van der Waals surface area contributed by atoms with Crippen molar-refractivity contribution < 1.29 is 14.7 Å². The summed E-state index contributed by atoms with van der Waals surface area (Å²) in [6, 6.07) is 0.184. The second-order valence-corrected chi connectivity index (χ2v) is 5.66. The van der Waals surface area contributed by atoms with Crippen LogP contribution in [0.3, 0.4) is 0 Å². The van der Waals surface area contributed by atoms with Gasteiger partial charge in [0.15, 0.2) is 0 Å². The molecule has 0 aromatic heterocycles. The van der Waals surface area contributed by atoms with Gasteiger partial charge in [-0.3, -0.25) is 4.79 Å². The number of piperidine rings is 1. The van der Waals surface area contributed by atoms with Crippen LogP contribution in [0.2, 0.25) is 0 Å². The number of aliphatic carboxylic acids is 1. The minimum atomic E-state index is -0.801. The van der Waals surface area contributed by atoms with E-state index in [0.29, 0.717) is 18.9 Å². The van der Waals surface area contributed by atoms with E-state index in [2.05, 4.69) is 17.3 Å². The number of hydrogen-bond donors (Lipinski definition) is 2. The van der Waals surface area contributed by atoms with Gasteiger partial charge in [0.2, 0.25) is 0 Å². The molecule has 2 heterocycles. The number of likely N-dealkylation sites (tertiary alicyclic amines) is 1. The van der Waals surface area contributed by atoms with Gasteiger partial charge in [0.1, 0.15) is 0 Å². The molecular weight excluding hydrogens is 246 g/mol. The predicted octanol–water partition coefficient (Wildman–Crippen LogP) is 0.587. The van der Waals surface area contributed by atoms with Crippen LogP contribution in [0.1, 0.15) is 25.7 Å². The number of rotatable bonds is 5. The summed E-state index contributed by atoms with van der Waals surface area (Å²) in [6.45, 7) is 3.43. The molecule has 2 aliphatic heterocycles. The van der Waals surface area contributed by atoms with E-state index in [-0.39, 0.29) is 18.5 Å². The van der Waals surface area contributed by atoms with Crippen molar-refractivity contribution in [2.75, 3.05) is 33.2 Å². The Hall–Kier alpha value is -1.30. The molecule has 2 unspecified atom stereocenters. The van der Waals surface area contributed by atoms with Gasteiger partial charge >= 0.3 is 12.0 Å². The van der Waals surface area contributed by atoms with Crippen LogP contribution in [0.4, 0.5) is 4.79 Å². The highest BCUT2D eigenvalue weighted by Gasteiger charge is 2.35. The van der Waals surface area contributed by atoms with Crippen molar-refractivity contribution in [3.8, 4) is 0 Å². The van der Waals surface area contributed by atoms with E-state index >= 15 is 0 Å². The van der Waals surface area contributed by atoms with Gasteiger partial charge in [-0.25, -0.2) is 4.79 Å². The average Bonchev–Trinajstić information content (AvgIpc) is 2.71. The molecule has 0 radical (unpaired) electrons. The topological polar surface area (TPSA) is 72.9 Å². The van der Waals surface area contributed by atoms with Crippen LogP contribution < -0.4 is 5.32 Å². The van der Waals surface area contributed by atoms with E-state index in [1.807, 2.05) is 0 Å². The fraction of sp³-hybridized carbons (Fsp3) is 0.846. The largest absolute Gasteiger partial charge is 0.481 e. The minimum Gasteiger partial charge on any atom is -0.481 e. The second kappa shape index (κ2) is 6.23. The third-order valence-electron chi connectivity index (χ3n) is 4.06. The van der Waals surface area contributed by atoms with E-state index in [9.17, 15) is 9.59 Å². The summed E-state index contributed by atoms with van der Waals surface area (Å²) in [6.07, 6.45) is 3.01. The molecule has 108 valence electrons. The fourth-order valence-electron chi connectivity index (χ4n) is 3.03. The quantitative estimate of drug-likeness (QED) is 0.766. The molecule has 2 rings (SSSR count). The number of hydrogen-bond acceptors (Lipinski definition) is 3. The molecular formula is C13H23N3O3. The Morgan fingerprint density at radius 3 is 2.95 bits per heavy atom. The van der Waals surface area contributed by atoms with Crippen LogP contribution in [0.15, 0.2) is 0 Å². The summed E-state index contributed by atoms with van der Waals surface area (Å²) < 4.78 is 0. The van der Waals surface area contributed by atoms with Gasteiger partial charge in [0, 0.05) is 26.1 Å². The van der Waals surface area contributed by atoms with Crippen molar-refractivity contribution in [1.29, 1.82) is 0 Å². The molecule has 2 amide bonds. The van der Waals surface area contributed by atoms with Crippen molar-refractivity contribution in [1.82, 2.24) is 15.1 Å². The van der Waals surface area contributed by atoms with Gasteiger partial charge in [-0.05, 0) is 38.8 Å². The van der Waals surface area contributed by atoms with Crippen molar-refractivity contribution in [3.63, 3.8) is 0 Å². The van der Waals surface area contributed by atoms with E-state index in [1.54, 1.807) is 4.90 Å². The number of carbonyl (C=O) groups excluding carboxylic acids is 1. The summed E-state index contributed by atoms with van der Waals surface area (Å²) in [4.78, 5) is 26.4. The number of amides is 2. The Morgan fingerprint density at radius 1 is 1.47 bits per heavy atom. The lowest BCUT2D eigenvalue weighted by Gasteiger charge is -2.32. The van der Waals surface area contributed by atoms with Crippen LogP contribution in [0.25, 0.3) is 0 Å². The van der Waals surface area contributed by atoms with E-state index in [0.717, 1.165) is 26.1 Å². The molecule has 0 bridgehead atoms. The highest BCUT2D eigenvalue weighted by molar-refractivity contribution is 5.77. The standard InChI is InChI=1S/C13H23N3O3/c1-15-6-2-4-10(8-15)11-9-16(13(19)14-11)7-3-5-12(17)18/h10-11H,2-9H2,1H3,(H,14,19)(H,17,18). The molecule has 2 aliphatic rings. The van der Waals surface area contributed by atoms with Crippen LogP contribution in [-0.2, 0) is 4.79 Å². The maximum absolute atomic E-state index is 11.8. The summed E-state index contributed by atoms with van der Waals surface area (Å²) in [5.74, 6) is -0.280. The Kier molecular flexibility index (Phi) is 4.63. The lowest BCUT2D eigenvalue weighted by Crippen LogP contribution is -2.43. The lowest BCUT2D eigenvalue weighted by atomic mass is 9.91. The molecule has 19 heavy (non-hydrogen) atoms. The minimum absolute atomic E-state index is 0.0383. The molecule has 6 nitrogen and oxygen atoms in total. The first-order valence-corrected chi connectivity index (χ1v) is 7.02. The fourth-order valence-corrected chi connectivity index (χ4v) is 3.03. The summed E-state index contributed by atoms with van der Waals surface area (Å²) in [5.41, 5.74) is 0. The summed E-state index contributed by atoms with van der Waals surface area (Å²) >= 11 is 0. The zero-order valence-electron chi connectivity index (χ0n) is 11.5. The van der Waals surface area contributed by atoms with E-state index < -0.39 is 5.97 Å². The number of carbonyl (C=O) groups is 2. The van der Waals surface area contributed by atoms with Gasteiger partial charge in [-0.1, -0.05) is 0 Å². The zero-order valence-corrected chi connectivity index (χ0v) is 11.5. The summed E-state index contributed by atoms with van der Waals surface area (Å²) in [5, 5.41) is 11.7. The maximum atomic E-state index is 11.8. The monoisotopic (exact) mass is 269 g/mol.